The van der Waals surface area contributed by atoms with Crippen LogP contribution in [0.1, 0.15) is 31.4 Å². The van der Waals surface area contributed by atoms with E-state index in [-0.39, 0.29) is 11.3 Å². The van der Waals surface area contributed by atoms with Gasteiger partial charge in [0.05, 0.1) is 11.6 Å². The zero-order valence-corrected chi connectivity index (χ0v) is 16.0. The molecule has 0 fully saturated rings. The average molecular weight is 390 g/mol. The van der Waals surface area contributed by atoms with E-state index in [1.807, 2.05) is 36.4 Å². The number of carbonyl (C=O) groups is 1. The lowest BCUT2D eigenvalue weighted by Gasteiger charge is -2.25. The van der Waals surface area contributed by atoms with Crippen molar-refractivity contribution in [3.8, 4) is 5.75 Å². The Morgan fingerprint density at radius 3 is 2.50 bits per heavy atom. The molecule has 1 amide bonds. The maximum Gasteiger partial charge on any atom is 0.220 e. The second-order valence-electron chi connectivity index (χ2n) is 6.50. The first kappa shape index (κ1) is 18.5. The van der Waals surface area contributed by atoms with Crippen molar-refractivity contribution in [3.05, 3.63) is 64.1 Å². The number of rotatable bonds is 7. The molecule has 24 heavy (non-hydrogen) atoms. The van der Waals surface area contributed by atoms with E-state index in [1.54, 1.807) is 7.11 Å². The lowest BCUT2D eigenvalue weighted by Crippen LogP contribution is -2.36. The van der Waals surface area contributed by atoms with Gasteiger partial charge in [-0.3, -0.25) is 4.79 Å². The molecular formula is C20H24BrNO2. The summed E-state index contributed by atoms with van der Waals surface area (Å²) in [6.07, 6.45) is 1.18. The zero-order chi connectivity index (χ0) is 17.6. The second-order valence-corrected chi connectivity index (χ2v) is 7.35. The number of amides is 1. The van der Waals surface area contributed by atoms with Crippen molar-refractivity contribution in [1.29, 1.82) is 0 Å². The molecule has 2 aromatic carbocycles. The molecule has 1 N–H and O–H groups in total. The van der Waals surface area contributed by atoms with Gasteiger partial charge in [-0.05, 0) is 45.6 Å². The fraction of sp³-hybridized carbons (Fsp3) is 0.350. The Bertz CT molecular complexity index is 683. The highest BCUT2D eigenvalue weighted by atomic mass is 79.9. The van der Waals surface area contributed by atoms with Gasteiger partial charge < -0.3 is 10.1 Å². The number of halogens is 1. The molecule has 0 spiro atoms. The van der Waals surface area contributed by atoms with Crippen molar-refractivity contribution >= 4 is 21.8 Å². The summed E-state index contributed by atoms with van der Waals surface area (Å²) >= 11 is 3.47. The summed E-state index contributed by atoms with van der Waals surface area (Å²) in [5, 5.41) is 3.05. The summed E-state index contributed by atoms with van der Waals surface area (Å²) < 4.78 is 6.13. The van der Waals surface area contributed by atoms with Crippen LogP contribution >= 0.6 is 15.9 Å². The first-order valence-electron chi connectivity index (χ1n) is 8.07. The van der Waals surface area contributed by atoms with Crippen molar-refractivity contribution < 1.29 is 9.53 Å². The highest BCUT2D eigenvalue weighted by Gasteiger charge is 2.20. The van der Waals surface area contributed by atoms with E-state index in [1.165, 1.54) is 5.56 Å². The molecule has 0 heterocycles. The van der Waals surface area contributed by atoms with Gasteiger partial charge in [-0.25, -0.2) is 0 Å². The Kier molecular flexibility index (Phi) is 6.44. The first-order chi connectivity index (χ1) is 11.4. The van der Waals surface area contributed by atoms with E-state index < -0.39 is 0 Å². The molecule has 3 nitrogen and oxygen atoms in total. The van der Waals surface area contributed by atoms with Crippen LogP contribution in [0.15, 0.2) is 53.0 Å². The molecule has 0 unspecified atom stereocenters. The predicted octanol–water partition coefficient (Wildman–Crippen LogP) is 4.48. The number of nitrogens with one attached hydrogen (secondary N) is 1. The molecule has 2 rings (SSSR count). The minimum Gasteiger partial charge on any atom is -0.496 e. The van der Waals surface area contributed by atoms with Crippen molar-refractivity contribution in [2.45, 2.75) is 32.1 Å². The molecule has 0 saturated carbocycles. The van der Waals surface area contributed by atoms with Gasteiger partial charge in [-0.1, -0.05) is 50.2 Å². The molecular weight excluding hydrogens is 366 g/mol. The van der Waals surface area contributed by atoms with E-state index >= 15 is 0 Å². The number of ether oxygens (including phenoxy) is 1. The highest BCUT2D eigenvalue weighted by molar-refractivity contribution is 9.10. The lowest BCUT2D eigenvalue weighted by atomic mass is 9.84. The van der Waals surface area contributed by atoms with E-state index in [0.29, 0.717) is 19.4 Å². The zero-order valence-electron chi connectivity index (χ0n) is 14.4. The van der Waals surface area contributed by atoms with Crippen molar-refractivity contribution in [3.63, 3.8) is 0 Å². The lowest BCUT2D eigenvalue weighted by molar-refractivity contribution is -0.121. The molecule has 0 bridgehead atoms. The minimum atomic E-state index is -0.0833. The maximum atomic E-state index is 12.2. The Hall–Kier alpha value is -1.81. The van der Waals surface area contributed by atoms with Gasteiger partial charge in [0.1, 0.15) is 5.75 Å². The largest absolute Gasteiger partial charge is 0.496 e. The van der Waals surface area contributed by atoms with Crippen LogP contribution in [0.3, 0.4) is 0 Å². The van der Waals surface area contributed by atoms with Gasteiger partial charge in [-0.2, -0.15) is 0 Å². The Morgan fingerprint density at radius 2 is 1.88 bits per heavy atom. The van der Waals surface area contributed by atoms with Crippen LogP contribution in [-0.4, -0.2) is 19.6 Å². The summed E-state index contributed by atoms with van der Waals surface area (Å²) in [7, 11) is 1.64. The minimum absolute atomic E-state index is 0.0750. The van der Waals surface area contributed by atoms with Gasteiger partial charge >= 0.3 is 0 Å². The van der Waals surface area contributed by atoms with Crippen LogP contribution in [-0.2, 0) is 16.6 Å². The van der Waals surface area contributed by atoms with Crippen molar-refractivity contribution in [1.82, 2.24) is 5.32 Å². The fourth-order valence-corrected chi connectivity index (χ4v) is 3.11. The molecule has 0 atom stereocenters. The number of hydrogen-bond donors (Lipinski definition) is 1. The van der Waals surface area contributed by atoms with Crippen LogP contribution in [0.4, 0.5) is 0 Å². The molecule has 128 valence electrons. The Labute approximate surface area is 152 Å². The monoisotopic (exact) mass is 389 g/mol. The maximum absolute atomic E-state index is 12.2. The molecule has 0 aliphatic carbocycles. The fourth-order valence-electron chi connectivity index (χ4n) is 2.52. The van der Waals surface area contributed by atoms with E-state index in [4.69, 9.17) is 4.74 Å². The standard InChI is InChI=1S/C20H24BrNO2/c1-20(2,16-7-5-4-6-8-16)14-22-19(23)12-10-15-9-11-18(24-3)17(21)13-15/h4-9,11,13H,10,12,14H2,1-3H3,(H,22,23). The molecule has 0 aromatic heterocycles. The summed E-state index contributed by atoms with van der Waals surface area (Å²) in [6, 6.07) is 16.2. The summed E-state index contributed by atoms with van der Waals surface area (Å²) in [4.78, 5) is 12.2. The Morgan fingerprint density at radius 1 is 1.17 bits per heavy atom. The number of aryl methyl sites for hydroxylation is 1. The third-order valence-electron chi connectivity index (χ3n) is 4.14. The molecule has 0 radical (unpaired) electrons. The smallest absolute Gasteiger partial charge is 0.220 e. The molecule has 0 aliphatic heterocycles. The van der Waals surface area contributed by atoms with Gasteiger partial charge in [0, 0.05) is 18.4 Å². The Balaban J connectivity index is 1.84. The van der Waals surface area contributed by atoms with Crippen LogP contribution < -0.4 is 10.1 Å². The highest BCUT2D eigenvalue weighted by Crippen LogP contribution is 2.26. The predicted molar refractivity (Wildman–Crippen MR) is 101 cm³/mol. The molecule has 0 aliphatic rings. The SMILES string of the molecule is COc1ccc(CCC(=O)NCC(C)(C)c2ccccc2)cc1Br. The summed E-state index contributed by atoms with van der Waals surface area (Å²) in [5.41, 5.74) is 2.25. The first-order valence-corrected chi connectivity index (χ1v) is 8.86. The average Bonchev–Trinajstić information content (AvgIpc) is 2.59. The third kappa shape index (κ3) is 5.10. The second kappa shape index (κ2) is 8.34. The third-order valence-corrected chi connectivity index (χ3v) is 4.76. The number of hydrogen-bond acceptors (Lipinski definition) is 2. The topological polar surface area (TPSA) is 38.3 Å². The number of carbonyl (C=O) groups excluding carboxylic acids is 1. The van der Waals surface area contributed by atoms with Gasteiger partial charge in [0.25, 0.3) is 0 Å². The van der Waals surface area contributed by atoms with E-state index in [9.17, 15) is 4.79 Å². The number of methoxy groups -OCH3 is 1. The van der Waals surface area contributed by atoms with Gasteiger partial charge in [-0.15, -0.1) is 0 Å². The molecule has 2 aromatic rings. The quantitative estimate of drug-likeness (QED) is 0.757. The van der Waals surface area contributed by atoms with Crippen molar-refractivity contribution in [2.75, 3.05) is 13.7 Å². The van der Waals surface area contributed by atoms with Crippen LogP contribution in [0, 0.1) is 0 Å². The molecule has 4 heteroatoms. The van der Waals surface area contributed by atoms with Crippen LogP contribution in [0.2, 0.25) is 0 Å². The van der Waals surface area contributed by atoms with Crippen LogP contribution in [0.25, 0.3) is 0 Å². The van der Waals surface area contributed by atoms with Crippen molar-refractivity contribution in [2.24, 2.45) is 0 Å². The summed E-state index contributed by atoms with van der Waals surface area (Å²) in [5.74, 6) is 0.874. The van der Waals surface area contributed by atoms with E-state index in [2.05, 4.69) is 47.2 Å². The van der Waals surface area contributed by atoms with Crippen LogP contribution in [0.5, 0.6) is 5.75 Å². The molecule has 0 saturated heterocycles. The van der Waals surface area contributed by atoms with Gasteiger partial charge in [0.15, 0.2) is 0 Å². The van der Waals surface area contributed by atoms with E-state index in [0.717, 1.165) is 15.8 Å². The van der Waals surface area contributed by atoms with Gasteiger partial charge in [0.2, 0.25) is 5.91 Å². The normalized spacial score (nSPS) is 11.2. The number of benzene rings is 2. The summed E-state index contributed by atoms with van der Waals surface area (Å²) in [6.45, 7) is 4.91.